The second-order valence-electron chi connectivity index (χ2n) is 4.57. The molecule has 20 heavy (non-hydrogen) atoms. The van der Waals surface area contributed by atoms with Crippen LogP contribution in [0.2, 0.25) is 0 Å². The first kappa shape index (κ1) is 14.6. The number of nitrogen functional groups attached to an aromatic ring is 1. The standard InChI is InChI=1S/C12H17N3O4S/c1-19-9-4-5-11(10(13)6-9)20(17,18)14-7-12(16)15-8-2-3-8/h4-6,8,14H,2-3,7,13H2,1H3,(H,15,16). The Morgan fingerprint density at radius 3 is 2.70 bits per heavy atom. The quantitative estimate of drug-likeness (QED) is 0.632. The molecule has 8 heteroatoms. The van der Waals surface area contributed by atoms with Gasteiger partial charge >= 0.3 is 0 Å². The van der Waals surface area contributed by atoms with E-state index in [-0.39, 0.29) is 29.1 Å². The van der Waals surface area contributed by atoms with Crippen molar-refractivity contribution in [2.75, 3.05) is 19.4 Å². The van der Waals surface area contributed by atoms with E-state index in [1.165, 1.54) is 25.3 Å². The van der Waals surface area contributed by atoms with E-state index in [1.807, 2.05) is 0 Å². The Hall–Kier alpha value is -1.80. The van der Waals surface area contributed by atoms with E-state index in [2.05, 4.69) is 10.0 Å². The van der Waals surface area contributed by atoms with Crippen LogP contribution in [0, 0.1) is 0 Å². The van der Waals surface area contributed by atoms with Gasteiger partial charge < -0.3 is 15.8 Å². The highest BCUT2D eigenvalue weighted by molar-refractivity contribution is 7.89. The van der Waals surface area contributed by atoms with E-state index in [0.717, 1.165) is 12.8 Å². The molecule has 4 N–H and O–H groups in total. The maximum absolute atomic E-state index is 12.0. The summed E-state index contributed by atoms with van der Waals surface area (Å²) in [5, 5.41) is 2.69. The molecule has 110 valence electrons. The summed E-state index contributed by atoms with van der Waals surface area (Å²) >= 11 is 0. The lowest BCUT2D eigenvalue weighted by Crippen LogP contribution is -2.38. The van der Waals surface area contributed by atoms with Crippen molar-refractivity contribution >= 4 is 21.6 Å². The van der Waals surface area contributed by atoms with Gasteiger partial charge in [-0.05, 0) is 25.0 Å². The van der Waals surface area contributed by atoms with Crippen LogP contribution in [0.5, 0.6) is 5.75 Å². The number of rotatable bonds is 6. The van der Waals surface area contributed by atoms with Gasteiger partial charge in [0, 0.05) is 12.1 Å². The van der Waals surface area contributed by atoms with Gasteiger partial charge in [-0.15, -0.1) is 0 Å². The molecule has 1 aromatic carbocycles. The Balaban J connectivity index is 2.03. The molecule has 7 nitrogen and oxygen atoms in total. The van der Waals surface area contributed by atoms with Gasteiger partial charge in [0.15, 0.2) is 0 Å². The number of sulfonamides is 1. The van der Waals surface area contributed by atoms with Crippen molar-refractivity contribution in [1.29, 1.82) is 0 Å². The van der Waals surface area contributed by atoms with Crippen LogP contribution >= 0.6 is 0 Å². The third kappa shape index (κ3) is 3.61. The number of amides is 1. The number of methoxy groups -OCH3 is 1. The number of nitrogens with two attached hydrogens (primary N) is 1. The number of nitrogens with one attached hydrogen (secondary N) is 2. The van der Waals surface area contributed by atoms with Gasteiger partial charge in [-0.3, -0.25) is 4.79 Å². The van der Waals surface area contributed by atoms with Crippen molar-refractivity contribution in [2.24, 2.45) is 0 Å². The third-order valence-electron chi connectivity index (χ3n) is 2.87. The largest absolute Gasteiger partial charge is 0.497 e. The monoisotopic (exact) mass is 299 g/mol. The van der Waals surface area contributed by atoms with E-state index in [1.54, 1.807) is 0 Å². The van der Waals surface area contributed by atoms with Crippen LogP contribution in [0.1, 0.15) is 12.8 Å². The van der Waals surface area contributed by atoms with Gasteiger partial charge in [0.25, 0.3) is 0 Å². The van der Waals surface area contributed by atoms with Gasteiger partial charge in [-0.1, -0.05) is 0 Å². The van der Waals surface area contributed by atoms with E-state index >= 15 is 0 Å². The maximum atomic E-state index is 12.0. The first-order chi connectivity index (χ1) is 9.42. The molecule has 1 amide bonds. The molecule has 0 saturated heterocycles. The molecule has 1 aromatic rings. The topological polar surface area (TPSA) is 111 Å². The van der Waals surface area contributed by atoms with Crippen LogP contribution < -0.4 is 20.5 Å². The number of anilines is 1. The Morgan fingerprint density at radius 1 is 1.45 bits per heavy atom. The van der Waals surface area contributed by atoms with E-state index < -0.39 is 10.0 Å². The minimum atomic E-state index is -3.82. The summed E-state index contributed by atoms with van der Waals surface area (Å²) in [7, 11) is -2.36. The minimum absolute atomic E-state index is 0.0689. The summed E-state index contributed by atoms with van der Waals surface area (Å²) in [6, 6.07) is 4.45. The van der Waals surface area contributed by atoms with Gasteiger partial charge in [0.1, 0.15) is 10.6 Å². The number of carbonyl (C=O) groups excluding carboxylic acids is 1. The van der Waals surface area contributed by atoms with Crippen molar-refractivity contribution in [3.05, 3.63) is 18.2 Å². The highest BCUT2D eigenvalue weighted by Crippen LogP contribution is 2.23. The molecule has 1 saturated carbocycles. The van der Waals surface area contributed by atoms with Gasteiger partial charge in [-0.25, -0.2) is 13.1 Å². The first-order valence-corrected chi connectivity index (χ1v) is 7.63. The molecule has 1 aliphatic rings. The zero-order valence-electron chi connectivity index (χ0n) is 11.0. The Labute approximate surface area is 117 Å². The summed E-state index contributed by atoms with van der Waals surface area (Å²) in [4.78, 5) is 11.4. The molecule has 0 spiro atoms. The van der Waals surface area contributed by atoms with Crippen LogP contribution in [0.3, 0.4) is 0 Å². The lowest BCUT2D eigenvalue weighted by atomic mass is 10.3. The molecule has 0 heterocycles. The lowest BCUT2D eigenvalue weighted by molar-refractivity contribution is -0.120. The van der Waals surface area contributed by atoms with E-state index in [4.69, 9.17) is 10.5 Å². The molecular formula is C12H17N3O4S. The molecule has 2 rings (SSSR count). The van der Waals surface area contributed by atoms with Crippen LogP contribution in [0.25, 0.3) is 0 Å². The van der Waals surface area contributed by atoms with Crippen LogP contribution in [-0.2, 0) is 14.8 Å². The first-order valence-electron chi connectivity index (χ1n) is 6.15. The molecule has 0 atom stereocenters. The predicted molar refractivity (Wildman–Crippen MR) is 73.8 cm³/mol. The highest BCUT2D eigenvalue weighted by atomic mass is 32.2. The summed E-state index contributed by atoms with van der Waals surface area (Å²) in [6.45, 7) is -0.301. The summed E-state index contributed by atoms with van der Waals surface area (Å²) in [5.74, 6) is 0.121. The van der Waals surface area contributed by atoms with Crippen molar-refractivity contribution in [3.63, 3.8) is 0 Å². The molecule has 0 aliphatic heterocycles. The fraction of sp³-hybridized carbons (Fsp3) is 0.417. The SMILES string of the molecule is COc1ccc(S(=O)(=O)NCC(=O)NC2CC2)c(N)c1. The van der Waals surface area contributed by atoms with E-state index in [9.17, 15) is 13.2 Å². The van der Waals surface area contributed by atoms with Gasteiger partial charge in [0.2, 0.25) is 15.9 Å². The smallest absolute Gasteiger partial charge is 0.243 e. The molecule has 0 bridgehead atoms. The lowest BCUT2D eigenvalue weighted by Gasteiger charge is -2.10. The average molecular weight is 299 g/mol. The zero-order valence-corrected chi connectivity index (χ0v) is 11.9. The van der Waals surface area contributed by atoms with Crippen LogP contribution in [-0.4, -0.2) is 34.0 Å². The Morgan fingerprint density at radius 2 is 2.15 bits per heavy atom. The fourth-order valence-electron chi connectivity index (χ4n) is 1.64. The van der Waals surface area contributed by atoms with Crippen molar-refractivity contribution < 1.29 is 17.9 Å². The number of hydrogen-bond acceptors (Lipinski definition) is 5. The second kappa shape index (κ2) is 5.68. The summed E-state index contributed by atoms with van der Waals surface area (Å²) in [6.07, 6.45) is 1.90. The van der Waals surface area contributed by atoms with Crippen molar-refractivity contribution in [3.8, 4) is 5.75 Å². The number of ether oxygens (including phenoxy) is 1. The molecule has 0 unspecified atom stereocenters. The third-order valence-corrected chi connectivity index (χ3v) is 4.35. The highest BCUT2D eigenvalue weighted by Gasteiger charge is 2.24. The van der Waals surface area contributed by atoms with E-state index in [0.29, 0.717) is 5.75 Å². The van der Waals surface area contributed by atoms with Gasteiger partial charge in [0.05, 0.1) is 19.3 Å². The molecular weight excluding hydrogens is 282 g/mol. The molecule has 0 radical (unpaired) electrons. The zero-order chi connectivity index (χ0) is 14.8. The van der Waals surface area contributed by atoms with Gasteiger partial charge in [-0.2, -0.15) is 0 Å². The maximum Gasteiger partial charge on any atom is 0.243 e. The normalized spacial score (nSPS) is 14.8. The fourth-order valence-corrected chi connectivity index (χ4v) is 2.74. The number of benzene rings is 1. The number of hydrogen-bond donors (Lipinski definition) is 3. The summed E-state index contributed by atoms with van der Waals surface area (Å²) < 4.78 is 31.3. The molecule has 0 aromatic heterocycles. The minimum Gasteiger partial charge on any atom is -0.497 e. The Kier molecular flexibility index (Phi) is 4.15. The number of carbonyl (C=O) groups is 1. The van der Waals surface area contributed by atoms with Crippen LogP contribution in [0.15, 0.2) is 23.1 Å². The van der Waals surface area contributed by atoms with Crippen molar-refractivity contribution in [2.45, 2.75) is 23.8 Å². The second-order valence-corrected chi connectivity index (χ2v) is 6.31. The molecule has 1 fully saturated rings. The predicted octanol–water partition coefficient (Wildman–Crippen LogP) is -0.166. The Bertz CT molecular complexity index is 611. The average Bonchev–Trinajstić information content (AvgIpc) is 3.20. The molecule has 1 aliphatic carbocycles. The summed E-state index contributed by atoms with van der Waals surface area (Å²) in [5.41, 5.74) is 5.75. The van der Waals surface area contributed by atoms with Crippen LogP contribution in [0.4, 0.5) is 5.69 Å². The van der Waals surface area contributed by atoms with Crippen molar-refractivity contribution in [1.82, 2.24) is 10.0 Å².